The van der Waals surface area contributed by atoms with Crippen LogP contribution < -0.4 is 10.2 Å². The number of aromatic amines is 1. The van der Waals surface area contributed by atoms with Crippen LogP contribution in [0.2, 0.25) is 0 Å². The largest absolute Gasteiger partial charge is 0.378 e. The second-order valence-electron chi connectivity index (χ2n) is 6.84. The molecule has 2 rings (SSSR count). The summed E-state index contributed by atoms with van der Waals surface area (Å²) in [6, 6.07) is 8.12. The van der Waals surface area contributed by atoms with Crippen LogP contribution in [0, 0.1) is 0 Å². The Morgan fingerprint density at radius 1 is 1.25 bits per heavy atom. The minimum Gasteiger partial charge on any atom is -0.378 e. The fourth-order valence-electron chi connectivity index (χ4n) is 1.94. The molecule has 1 aromatic heterocycles. The van der Waals surface area contributed by atoms with E-state index < -0.39 is 0 Å². The van der Waals surface area contributed by atoms with Crippen LogP contribution in [0.25, 0.3) is 0 Å². The lowest BCUT2D eigenvalue weighted by atomic mass is 9.96. The van der Waals surface area contributed by atoms with E-state index in [4.69, 9.17) is 0 Å². The topological polar surface area (TPSA) is 73.9 Å². The summed E-state index contributed by atoms with van der Waals surface area (Å²) in [6.07, 6.45) is 0. The standard InChI is InChI=1S/C17H25N5OS/c1-17(2,3)15-19-16(21-20-15)24-11-14(23)18-10-12-6-8-13(9-7-12)22(4)5/h6-9H,10-11H2,1-5H3,(H,18,23)(H,19,20,21). The first kappa shape index (κ1) is 18.3. The Labute approximate surface area is 147 Å². The summed E-state index contributed by atoms with van der Waals surface area (Å²) in [6.45, 7) is 6.72. The van der Waals surface area contributed by atoms with E-state index in [1.54, 1.807) is 0 Å². The summed E-state index contributed by atoms with van der Waals surface area (Å²) in [5, 5.41) is 10.6. The molecule has 0 atom stereocenters. The zero-order chi connectivity index (χ0) is 17.7. The van der Waals surface area contributed by atoms with Crippen molar-refractivity contribution in [1.82, 2.24) is 20.5 Å². The molecular weight excluding hydrogens is 322 g/mol. The molecule has 0 spiro atoms. The Kier molecular flexibility index (Phi) is 5.88. The number of carbonyl (C=O) groups excluding carboxylic acids is 1. The number of benzene rings is 1. The number of rotatable bonds is 6. The zero-order valence-electron chi connectivity index (χ0n) is 14.9. The predicted molar refractivity (Wildman–Crippen MR) is 98.4 cm³/mol. The third-order valence-electron chi connectivity index (χ3n) is 3.45. The average Bonchev–Trinajstić information content (AvgIpc) is 3.00. The van der Waals surface area contributed by atoms with Crippen molar-refractivity contribution in [2.24, 2.45) is 0 Å². The van der Waals surface area contributed by atoms with Crippen LogP contribution in [0.3, 0.4) is 0 Å². The number of nitrogens with zero attached hydrogens (tertiary/aromatic N) is 3. The molecule has 6 nitrogen and oxygen atoms in total. The van der Waals surface area contributed by atoms with Crippen molar-refractivity contribution in [3.8, 4) is 0 Å². The van der Waals surface area contributed by atoms with Gasteiger partial charge in [0.15, 0.2) is 0 Å². The molecule has 2 N–H and O–H groups in total. The molecule has 2 aromatic rings. The fraction of sp³-hybridized carbons (Fsp3) is 0.471. The van der Waals surface area contributed by atoms with Gasteiger partial charge in [0.05, 0.1) is 5.75 Å². The van der Waals surface area contributed by atoms with Gasteiger partial charge in [-0.3, -0.25) is 9.89 Å². The van der Waals surface area contributed by atoms with E-state index in [-0.39, 0.29) is 11.3 Å². The highest BCUT2D eigenvalue weighted by Gasteiger charge is 2.19. The highest BCUT2D eigenvalue weighted by Crippen LogP contribution is 2.20. The maximum Gasteiger partial charge on any atom is 0.230 e. The second kappa shape index (κ2) is 7.70. The van der Waals surface area contributed by atoms with Gasteiger partial charge in [-0.05, 0) is 17.7 Å². The summed E-state index contributed by atoms with van der Waals surface area (Å²) in [7, 11) is 4.00. The molecule has 0 saturated heterocycles. The molecule has 0 radical (unpaired) electrons. The minimum absolute atomic E-state index is 0.0289. The molecule has 7 heteroatoms. The number of anilines is 1. The van der Waals surface area contributed by atoms with Gasteiger partial charge in [0.1, 0.15) is 5.82 Å². The third kappa shape index (κ3) is 5.26. The molecule has 0 aliphatic carbocycles. The van der Waals surface area contributed by atoms with Crippen LogP contribution >= 0.6 is 11.8 Å². The van der Waals surface area contributed by atoms with Crippen molar-refractivity contribution < 1.29 is 4.79 Å². The molecule has 0 bridgehead atoms. The fourth-order valence-corrected chi connectivity index (χ4v) is 2.57. The van der Waals surface area contributed by atoms with Gasteiger partial charge in [0, 0.05) is 31.7 Å². The first-order chi connectivity index (χ1) is 11.3. The molecule has 24 heavy (non-hydrogen) atoms. The predicted octanol–water partition coefficient (Wildman–Crippen LogP) is 2.58. The SMILES string of the molecule is CN(C)c1ccc(CNC(=O)CSc2n[nH]c(C(C)(C)C)n2)cc1. The summed E-state index contributed by atoms with van der Waals surface area (Å²) in [5.74, 6) is 1.10. The summed E-state index contributed by atoms with van der Waals surface area (Å²) in [5.41, 5.74) is 2.14. The van der Waals surface area contributed by atoms with Gasteiger partial charge in [0.2, 0.25) is 11.1 Å². The van der Waals surface area contributed by atoms with Crippen molar-refractivity contribution in [3.63, 3.8) is 0 Å². The maximum absolute atomic E-state index is 12.0. The first-order valence-electron chi connectivity index (χ1n) is 7.84. The molecular formula is C17H25N5OS. The molecule has 0 unspecified atom stereocenters. The molecule has 0 fully saturated rings. The second-order valence-corrected chi connectivity index (χ2v) is 7.79. The maximum atomic E-state index is 12.0. The normalized spacial score (nSPS) is 11.4. The average molecular weight is 347 g/mol. The van der Waals surface area contributed by atoms with E-state index in [2.05, 4.69) is 41.3 Å². The van der Waals surface area contributed by atoms with Crippen LogP contribution in [0.4, 0.5) is 5.69 Å². The summed E-state index contributed by atoms with van der Waals surface area (Å²) < 4.78 is 0. The number of hydrogen-bond acceptors (Lipinski definition) is 5. The smallest absolute Gasteiger partial charge is 0.230 e. The van der Waals surface area contributed by atoms with Gasteiger partial charge in [-0.25, -0.2) is 4.98 Å². The number of thioether (sulfide) groups is 1. The van der Waals surface area contributed by atoms with E-state index in [1.165, 1.54) is 11.8 Å². The Hall–Kier alpha value is -2.02. The molecule has 1 heterocycles. The van der Waals surface area contributed by atoms with Gasteiger partial charge in [0.25, 0.3) is 0 Å². The number of hydrogen-bond donors (Lipinski definition) is 2. The first-order valence-corrected chi connectivity index (χ1v) is 8.83. The van der Waals surface area contributed by atoms with E-state index >= 15 is 0 Å². The molecule has 1 aromatic carbocycles. The van der Waals surface area contributed by atoms with Crippen molar-refractivity contribution in [1.29, 1.82) is 0 Å². The van der Waals surface area contributed by atoms with Gasteiger partial charge < -0.3 is 10.2 Å². The Bertz CT molecular complexity index is 673. The van der Waals surface area contributed by atoms with Crippen molar-refractivity contribution in [2.75, 3.05) is 24.7 Å². The highest BCUT2D eigenvalue weighted by molar-refractivity contribution is 7.99. The Morgan fingerprint density at radius 3 is 2.46 bits per heavy atom. The van der Waals surface area contributed by atoms with E-state index in [9.17, 15) is 4.79 Å². The van der Waals surface area contributed by atoms with Gasteiger partial charge in [-0.15, -0.1) is 5.10 Å². The van der Waals surface area contributed by atoms with Crippen LogP contribution in [0.15, 0.2) is 29.4 Å². The van der Waals surface area contributed by atoms with Crippen LogP contribution in [-0.4, -0.2) is 40.9 Å². The molecule has 0 saturated carbocycles. The number of carbonyl (C=O) groups is 1. The number of amides is 1. The molecule has 0 aliphatic heterocycles. The summed E-state index contributed by atoms with van der Waals surface area (Å²) in [4.78, 5) is 18.4. The van der Waals surface area contributed by atoms with Crippen LogP contribution in [-0.2, 0) is 16.8 Å². The van der Waals surface area contributed by atoms with Crippen LogP contribution in [0.1, 0.15) is 32.2 Å². The van der Waals surface area contributed by atoms with Gasteiger partial charge in [-0.2, -0.15) is 0 Å². The third-order valence-corrected chi connectivity index (χ3v) is 4.30. The molecule has 1 amide bonds. The lowest BCUT2D eigenvalue weighted by Crippen LogP contribution is -2.24. The van der Waals surface area contributed by atoms with Crippen molar-refractivity contribution in [2.45, 2.75) is 37.9 Å². The van der Waals surface area contributed by atoms with Gasteiger partial charge >= 0.3 is 0 Å². The summed E-state index contributed by atoms with van der Waals surface area (Å²) >= 11 is 1.33. The molecule has 130 valence electrons. The Morgan fingerprint density at radius 2 is 1.92 bits per heavy atom. The molecule has 0 aliphatic rings. The van der Waals surface area contributed by atoms with Crippen LogP contribution in [0.5, 0.6) is 0 Å². The number of aromatic nitrogens is 3. The lowest BCUT2D eigenvalue weighted by molar-refractivity contribution is -0.118. The monoisotopic (exact) mass is 347 g/mol. The van der Waals surface area contributed by atoms with Crippen molar-refractivity contribution in [3.05, 3.63) is 35.7 Å². The zero-order valence-corrected chi connectivity index (χ0v) is 15.7. The van der Waals surface area contributed by atoms with Crippen molar-refractivity contribution >= 4 is 23.4 Å². The Balaban J connectivity index is 1.78. The van der Waals surface area contributed by atoms with E-state index in [0.717, 1.165) is 17.1 Å². The minimum atomic E-state index is -0.0766. The number of nitrogens with one attached hydrogen (secondary N) is 2. The lowest BCUT2D eigenvalue weighted by Gasteiger charge is -2.13. The van der Waals surface area contributed by atoms with E-state index in [0.29, 0.717) is 17.5 Å². The van der Waals surface area contributed by atoms with Gasteiger partial charge in [-0.1, -0.05) is 44.7 Å². The quantitative estimate of drug-likeness (QED) is 0.786. The number of H-pyrrole nitrogens is 1. The van der Waals surface area contributed by atoms with E-state index in [1.807, 2.05) is 43.3 Å². The highest BCUT2D eigenvalue weighted by atomic mass is 32.2.